The summed E-state index contributed by atoms with van der Waals surface area (Å²) in [5.74, 6) is -1.45. The summed E-state index contributed by atoms with van der Waals surface area (Å²) < 4.78 is 17.9. The van der Waals surface area contributed by atoms with Crippen molar-refractivity contribution in [3.05, 3.63) is 35.1 Å². The van der Waals surface area contributed by atoms with E-state index in [-0.39, 0.29) is 18.7 Å². The number of nitrogens with zero attached hydrogens (tertiary/aromatic N) is 2. The zero-order chi connectivity index (χ0) is 14.3. The van der Waals surface area contributed by atoms with Gasteiger partial charge in [-0.15, -0.1) is 0 Å². The van der Waals surface area contributed by atoms with Gasteiger partial charge >= 0.3 is 5.97 Å². The van der Waals surface area contributed by atoms with E-state index >= 15 is 0 Å². The molecule has 1 N–H and O–H groups in total. The molecule has 6 heteroatoms. The molecule has 102 valence electrons. The zero-order valence-corrected chi connectivity index (χ0v) is 10.6. The number of hydrogen-bond donors (Lipinski definition) is 1. The summed E-state index contributed by atoms with van der Waals surface area (Å²) in [5.41, 5.74) is 0.814. The number of halogens is 1. The molecule has 0 aliphatic heterocycles. The summed E-state index contributed by atoms with van der Waals surface area (Å²) in [4.78, 5) is 12.4. The van der Waals surface area contributed by atoms with Gasteiger partial charge in [-0.3, -0.25) is 9.69 Å². The third kappa shape index (κ3) is 5.04. The first-order chi connectivity index (χ1) is 9.06. The third-order valence-electron chi connectivity index (χ3n) is 2.56. The molecule has 1 aromatic carbocycles. The van der Waals surface area contributed by atoms with Crippen LogP contribution in [-0.2, 0) is 16.1 Å². The number of aliphatic carboxylic acids is 1. The van der Waals surface area contributed by atoms with Crippen LogP contribution in [0.3, 0.4) is 0 Å². The lowest BCUT2D eigenvalue weighted by molar-refractivity contribution is -0.138. The smallest absolute Gasteiger partial charge is 0.317 e. The second kappa shape index (κ2) is 7.46. The van der Waals surface area contributed by atoms with Gasteiger partial charge in [0.05, 0.1) is 24.8 Å². The summed E-state index contributed by atoms with van der Waals surface area (Å²) in [6.45, 7) is 0.909. The molecule has 5 nitrogen and oxygen atoms in total. The van der Waals surface area contributed by atoms with Crippen molar-refractivity contribution in [1.29, 1.82) is 5.26 Å². The van der Waals surface area contributed by atoms with E-state index in [1.165, 1.54) is 19.2 Å². The highest BCUT2D eigenvalue weighted by Gasteiger charge is 2.13. The Kier molecular flexibility index (Phi) is 5.93. The lowest BCUT2D eigenvalue weighted by atomic mass is 10.1. The first-order valence-corrected chi connectivity index (χ1v) is 5.68. The fourth-order valence-electron chi connectivity index (χ4n) is 1.66. The second-order valence-corrected chi connectivity index (χ2v) is 4.01. The molecule has 0 saturated heterocycles. The standard InChI is InChI=1S/C13H15FN2O3/c1-19-5-4-16(9-13(17)18)8-10-2-3-12(14)6-11(10)7-15/h2-3,6H,4-5,8-9H2,1H3,(H,17,18). The fraction of sp³-hybridized carbons (Fsp3) is 0.385. The van der Waals surface area contributed by atoms with Gasteiger partial charge in [-0.05, 0) is 17.7 Å². The van der Waals surface area contributed by atoms with Crippen LogP contribution in [0, 0.1) is 17.1 Å². The first-order valence-electron chi connectivity index (χ1n) is 5.68. The minimum absolute atomic E-state index is 0.161. The van der Waals surface area contributed by atoms with Crippen LogP contribution in [0.15, 0.2) is 18.2 Å². The quantitative estimate of drug-likeness (QED) is 0.803. The summed E-state index contributed by atoms with van der Waals surface area (Å²) in [7, 11) is 1.53. The van der Waals surface area contributed by atoms with Crippen molar-refractivity contribution < 1.29 is 19.0 Å². The SMILES string of the molecule is COCCN(CC(=O)O)Cc1ccc(F)cc1C#N. The van der Waals surface area contributed by atoms with Crippen molar-refractivity contribution in [2.24, 2.45) is 0 Å². The van der Waals surface area contributed by atoms with E-state index in [4.69, 9.17) is 15.1 Å². The van der Waals surface area contributed by atoms with E-state index < -0.39 is 11.8 Å². The van der Waals surface area contributed by atoms with Crippen LogP contribution >= 0.6 is 0 Å². The first kappa shape index (κ1) is 15.1. The molecule has 0 radical (unpaired) electrons. The summed E-state index contributed by atoms with van der Waals surface area (Å²) >= 11 is 0. The van der Waals surface area contributed by atoms with E-state index in [1.54, 1.807) is 4.90 Å². The Bertz CT molecular complexity index is 485. The van der Waals surface area contributed by atoms with E-state index in [0.717, 1.165) is 6.07 Å². The topological polar surface area (TPSA) is 73.6 Å². The van der Waals surface area contributed by atoms with E-state index in [1.807, 2.05) is 6.07 Å². The molecule has 0 atom stereocenters. The number of carbonyl (C=O) groups is 1. The molecule has 0 amide bonds. The predicted molar refractivity (Wildman–Crippen MR) is 65.9 cm³/mol. The highest BCUT2D eigenvalue weighted by molar-refractivity contribution is 5.69. The van der Waals surface area contributed by atoms with Gasteiger partial charge in [0.25, 0.3) is 0 Å². The number of carboxylic acids is 1. The average Bonchev–Trinajstić information content (AvgIpc) is 2.37. The van der Waals surface area contributed by atoms with Crippen LogP contribution in [0.2, 0.25) is 0 Å². The van der Waals surface area contributed by atoms with Crippen molar-refractivity contribution in [1.82, 2.24) is 4.90 Å². The number of benzene rings is 1. The summed E-state index contributed by atoms with van der Waals surface area (Å²) in [5, 5.41) is 17.8. The average molecular weight is 266 g/mol. The summed E-state index contributed by atoms with van der Waals surface area (Å²) in [6, 6.07) is 5.80. The largest absolute Gasteiger partial charge is 0.480 e. The van der Waals surface area contributed by atoms with Crippen LogP contribution in [0.1, 0.15) is 11.1 Å². The van der Waals surface area contributed by atoms with Gasteiger partial charge in [0.2, 0.25) is 0 Å². The molecular formula is C13H15FN2O3. The molecule has 0 heterocycles. The molecule has 0 aliphatic carbocycles. The molecule has 0 spiro atoms. The molecule has 19 heavy (non-hydrogen) atoms. The van der Waals surface area contributed by atoms with Gasteiger partial charge in [0.15, 0.2) is 0 Å². The Morgan fingerprint density at radius 2 is 2.32 bits per heavy atom. The van der Waals surface area contributed by atoms with Gasteiger partial charge in [0, 0.05) is 20.2 Å². The van der Waals surface area contributed by atoms with Crippen LogP contribution in [-0.4, -0.2) is 42.8 Å². The Hall–Kier alpha value is -1.97. The third-order valence-corrected chi connectivity index (χ3v) is 2.56. The maximum atomic E-state index is 13.0. The van der Waals surface area contributed by atoms with E-state index in [9.17, 15) is 9.18 Å². The predicted octanol–water partition coefficient (Wildman–Crippen LogP) is 1.23. The highest BCUT2D eigenvalue weighted by atomic mass is 19.1. The molecule has 0 unspecified atom stereocenters. The highest BCUT2D eigenvalue weighted by Crippen LogP contribution is 2.13. The lowest BCUT2D eigenvalue weighted by Crippen LogP contribution is -2.32. The molecule has 1 rings (SSSR count). The maximum absolute atomic E-state index is 13.0. The molecule has 0 aliphatic rings. The molecule has 0 bridgehead atoms. The van der Waals surface area contributed by atoms with E-state index in [2.05, 4.69) is 0 Å². The van der Waals surface area contributed by atoms with Gasteiger partial charge in [-0.25, -0.2) is 4.39 Å². The Morgan fingerprint density at radius 1 is 1.58 bits per heavy atom. The molecule has 1 aromatic rings. The summed E-state index contributed by atoms with van der Waals surface area (Å²) in [6.07, 6.45) is 0. The monoisotopic (exact) mass is 266 g/mol. The van der Waals surface area contributed by atoms with Crippen LogP contribution in [0.25, 0.3) is 0 Å². The number of methoxy groups -OCH3 is 1. The second-order valence-electron chi connectivity index (χ2n) is 4.01. The van der Waals surface area contributed by atoms with Crippen molar-refractivity contribution in [3.63, 3.8) is 0 Å². The molecular weight excluding hydrogens is 251 g/mol. The van der Waals surface area contributed by atoms with Crippen LogP contribution < -0.4 is 0 Å². The van der Waals surface area contributed by atoms with Gasteiger partial charge < -0.3 is 9.84 Å². The van der Waals surface area contributed by atoms with Crippen molar-refractivity contribution in [2.75, 3.05) is 26.8 Å². The minimum atomic E-state index is -0.961. The van der Waals surface area contributed by atoms with Crippen molar-refractivity contribution >= 4 is 5.97 Å². The minimum Gasteiger partial charge on any atom is -0.480 e. The van der Waals surface area contributed by atoms with Gasteiger partial charge in [-0.2, -0.15) is 5.26 Å². The van der Waals surface area contributed by atoms with Crippen molar-refractivity contribution in [2.45, 2.75) is 6.54 Å². The zero-order valence-electron chi connectivity index (χ0n) is 10.6. The van der Waals surface area contributed by atoms with Gasteiger partial charge in [-0.1, -0.05) is 6.07 Å². The Balaban J connectivity index is 2.83. The molecule has 0 aromatic heterocycles. The van der Waals surface area contributed by atoms with Crippen molar-refractivity contribution in [3.8, 4) is 6.07 Å². The number of carboxylic acid groups (broad SMARTS) is 1. The normalized spacial score (nSPS) is 10.4. The molecule has 0 fully saturated rings. The maximum Gasteiger partial charge on any atom is 0.317 e. The fourth-order valence-corrected chi connectivity index (χ4v) is 1.66. The number of hydrogen-bond acceptors (Lipinski definition) is 4. The molecule has 0 saturated carbocycles. The number of ether oxygens (including phenoxy) is 1. The Labute approximate surface area is 110 Å². The number of nitriles is 1. The number of rotatable bonds is 7. The van der Waals surface area contributed by atoms with Gasteiger partial charge in [0.1, 0.15) is 5.82 Å². The van der Waals surface area contributed by atoms with Crippen LogP contribution in [0.5, 0.6) is 0 Å². The lowest BCUT2D eigenvalue weighted by Gasteiger charge is -2.20. The van der Waals surface area contributed by atoms with E-state index in [0.29, 0.717) is 18.7 Å². The Morgan fingerprint density at radius 3 is 2.89 bits per heavy atom. The van der Waals surface area contributed by atoms with Crippen LogP contribution in [0.4, 0.5) is 4.39 Å².